The van der Waals surface area contributed by atoms with E-state index in [4.69, 9.17) is 10.8 Å². The summed E-state index contributed by atoms with van der Waals surface area (Å²) in [5.74, 6) is 0.738. The number of benzene rings is 1. The molecule has 3 aromatic rings. The molecule has 6 heteroatoms. The third kappa shape index (κ3) is 2.02. The van der Waals surface area contributed by atoms with Gasteiger partial charge in [-0.3, -0.25) is 4.90 Å². The topological polar surface area (TPSA) is 60.0 Å². The fourth-order valence-corrected chi connectivity index (χ4v) is 3.75. The second-order valence-electron chi connectivity index (χ2n) is 5.31. The Kier molecular flexibility index (Phi) is 2.94. The first-order chi connectivity index (χ1) is 10.3. The van der Waals surface area contributed by atoms with Crippen LogP contribution < -0.4 is 5.73 Å². The number of aromatic nitrogens is 3. The summed E-state index contributed by atoms with van der Waals surface area (Å²) in [7, 11) is 0. The molecule has 0 aliphatic carbocycles. The maximum Gasteiger partial charge on any atom is 0.213 e. The molecule has 1 aliphatic heterocycles. The zero-order valence-electron chi connectivity index (χ0n) is 11.9. The Balaban J connectivity index is 1.81. The first-order valence-corrected chi connectivity index (χ1v) is 8.02. The Morgan fingerprint density at radius 3 is 3.00 bits per heavy atom. The lowest BCUT2D eigenvalue weighted by atomic mass is 10.1. The van der Waals surface area contributed by atoms with Crippen molar-refractivity contribution in [3.05, 3.63) is 35.5 Å². The molecule has 0 unspecified atom stereocenters. The van der Waals surface area contributed by atoms with Crippen molar-refractivity contribution in [1.82, 2.24) is 19.7 Å². The Bertz CT molecular complexity index is 771. The first kappa shape index (κ1) is 12.8. The minimum atomic E-state index is 0.738. The van der Waals surface area contributed by atoms with Crippen LogP contribution in [0.15, 0.2) is 24.3 Å². The number of fused-ring (bicyclic) bond motifs is 2. The summed E-state index contributed by atoms with van der Waals surface area (Å²) in [6.07, 6.45) is 0.964. The van der Waals surface area contributed by atoms with Crippen LogP contribution in [0.3, 0.4) is 0 Å². The second-order valence-corrected chi connectivity index (χ2v) is 6.31. The summed E-state index contributed by atoms with van der Waals surface area (Å²) >= 11 is 1.63. The van der Waals surface area contributed by atoms with E-state index >= 15 is 0 Å². The van der Waals surface area contributed by atoms with Gasteiger partial charge in [0, 0.05) is 25.1 Å². The lowest BCUT2D eigenvalue weighted by Gasteiger charge is -2.24. The van der Waals surface area contributed by atoms with Crippen LogP contribution in [0.25, 0.3) is 15.3 Å². The van der Waals surface area contributed by atoms with Gasteiger partial charge in [-0.2, -0.15) is 9.78 Å². The Labute approximate surface area is 127 Å². The van der Waals surface area contributed by atoms with Gasteiger partial charge in [0.2, 0.25) is 5.13 Å². The largest absolute Gasteiger partial charge is 0.383 e. The summed E-state index contributed by atoms with van der Waals surface area (Å²) in [5.41, 5.74) is 9.63. The minimum absolute atomic E-state index is 0.738. The number of hydrogen-bond donors (Lipinski definition) is 1. The van der Waals surface area contributed by atoms with Crippen molar-refractivity contribution in [3.8, 4) is 5.13 Å². The first-order valence-electron chi connectivity index (χ1n) is 7.21. The summed E-state index contributed by atoms with van der Waals surface area (Å²) in [6, 6.07) is 8.13. The van der Waals surface area contributed by atoms with Crippen molar-refractivity contribution in [2.75, 3.05) is 18.8 Å². The van der Waals surface area contributed by atoms with Crippen molar-refractivity contribution in [1.29, 1.82) is 0 Å². The highest BCUT2D eigenvalue weighted by molar-refractivity contribution is 7.20. The van der Waals surface area contributed by atoms with E-state index in [1.807, 2.05) is 22.9 Å². The number of nitrogens with two attached hydrogens (primary N) is 1. The van der Waals surface area contributed by atoms with Crippen molar-refractivity contribution in [2.45, 2.75) is 19.9 Å². The molecule has 2 N–H and O–H groups in total. The Morgan fingerprint density at radius 2 is 2.19 bits per heavy atom. The van der Waals surface area contributed by atoms with Gasteiger partial charge in [0.15, 0.2) is 0 Å². The van der Waals surface area contributed by atoms with Gasteiger partial charge in [-0.25, -0.2) is 4.98 Å². The molecule has 3 heterocycles. The molecule has 0 radical (unpaired) electrons. The van der Waals surface area contributed by atoms with Crippen LogP contribution in [0.2, 0.25) is 0 Å². The molecule has 108 valence electrons. The number of likely N-dealkylation sites (N-methyl/N-ethyl adjacent to an activating group) is 1. The molecular weight excluding hydrogens is 282 g/mol. The number of para-hydroxylation sites is 1. The van der Waals surface area contributed by atoms with Crippen molar-refractivity contribution >= 4 is 27.4 Å². The molecular formula is C15H17N5S. The number of nitrogen functional groups attached to an aromatic ring is 1. The monoisotopic (exact) mass is 299 g/mol. The highest BCUT2D eigenvalue weighted by atomic mass is 32.1. The zero-order chi connectivity index (χ0) is 14.4. The van der Waals surface area contributed by atoms with Gasteiger partial charge in [-0.1, -0.05) is 30.4 Å². The molecule has 2 aromatic heterocycles. The Morgan fingerprint density at radius 1 is 1.33 bits per heavy atom. The molecule has 1 aliphatic rings. The summed E-state index contributed by atoms with van der Waals surface area (Å²) < 4.78 is 2.98. The van der Waals surface area contributed by atoms with E-state index in [1.54, 1.807) is 11.3 Å². The van der Waals surface area contributed by atoms with Gasteiger partial charge in [0.25, 0.3) is 0 Å². The summed E-state index contributed by atoms with van der Waals surface area (Å²) in [4.78, 5) is 7.04. The standard InChI is InChI=1S/C15H17N5S/c1-2-19-8-7-11-10(9-19)14(16)20(18-11)15-17-12-5-3-4-6-13(12)21-15/h3-6H,2,7-9,16H2,1H3. The maximum atomic E-state index is 6.34. The number of hydrogen-bond acceptors (Lipinski definition) is 5. The molecule has 0 saturated carbocycles. The fraction of sp³-hybridized carbons (Fsp3) is 0.333. The maximum absolute atomic E-state index is 6.34. The van der Waals surface area contributed by atoms with E-state index in [1.165, 1.54) is 5.56 Å². The molecule has 0 saturated heterocycles. The van der Waals surface area contributed by atoms with E-state index in [0.717, 1.165) is 52.9 Å². The molecule has 5 nitrogen and oxygen atoms in total. The predicted molar refractivity (Wildman–Crippen MR) is 85.8 cm³/mol. The summed E-state index contributed by atoms with van der Waals surface area (Å²) in [6.45, 7) is 5.17. The quantitative estimate of drug-likeness (QED) is 0.789. The van der Waals surface area contributed by atoms with Gasteiger partial charge in [0.05, 0.1) is 15.9 Å². The van der Waals surface area contributed by atoms with Crippen LogP contribution in [-0.2, 0) is 13.0 Å². The van der Waals surface area contributed by atoms with Gasteiger partial charge in [0.1, 0.15) is 5.82 Å². The third-order valence-electron chi connectivity index (χ3n) is 4.06. The molecule has 0 amide bonds. The van der Waals surface area contributed by atoms with E-state index in [9.17, 15) is 0 Å². The van der Waals surface area contributed by atoms with Crippen LogP contribution in [-0.4, -0.2) is 32.8 Å². The fourth-order valence-electron chi connectivity index (χ4n) is 2.82. The second kappa shape index (κ2) is 4.82. The van der Waals surface area contributed by atoms with Crippen LogP contribution in [0.4, 0.5) is 5.82 Å². The SMILES string of the molecule is CCN1CCc2nn(-c3nc4ccccc4s3)c(N)c2C1. The molecule has 0 atom stereocenters. The molecule has 0 fully saturated rings. The van der Waals surface area contributed by atoms with Crippen molar-refractivity contribution < 1.29 is 0 Å². The van der Waals surface area contributed by atoms with Crippen LogP contribution in [0.5, 0.6) is 0 Å². The van der Waals surface area contributed by atoms with Gasteiger partial charge in [-0.05, 0) is 18.7 Å². The number of nitrogens with zero attached hydrogens (tertiary/aromatic N) is 4. The molecule has 0 bridgehead atoms. The minimum Gasteiger partial charge on any atom is -0.383 e. The number of rotatable bonds is 2. The van der Waals surface area contributed by atoms with Crippen LogP contribution in [0, 0.1) is 0 Å². The van der Waals surface area contributed by atoms with E-state index < -0.39 is 0 Å². The number of anilines is 1. The van der Waals surface area contributed by atoms with Crippen LogP contribution >= 0.6 is 11.3 Å². The molecule has 21 heavy (non-hydrogen) atoms. The number of thiazole rings is 1. The van der Waals surface area contributed by atoms with Crippen LogP contribution in [0.1, 0.15) is 18.2 Å². The van der Waals surface area contributed by atoms with E-state index in [0.29, 0.717) is 0 Å². The molecule has 1 aromatic carbocycles. The van der Waals surface area contributed by atoms with Gasteiger partial charge in [-0.15, -0.1) is 0 Å². The van der Waals surface area contributed by atoms with Crippen molar-refractivity contribution in [3.63, 3.8) is 0 Å². The smallest absolute Gasteiger partial charge is 0.213 e. The van der Waals surface area contributed by atoms with Gasteiger partial charge < -0.3 is 5.73 Å². The molecule has 4 rings (SSSR count). The lowest BCUT2D eigenvalue weighted by Crippen LogP contribution is -2.30. The van der Waals surface area contributed by atoms with E-state index in [-0.39, 0.29) is 0 Å². The lowest BCUT2D eigenvalue weighted by molar-refractivity contribution is 0.267. The average Bonchev–Trinajstić information content (AvgIpc) is 3.08. The van der Waals surface area contributed by atoms with Gasteiger partial charge >= 0.3 is 0 Å². The average molecular weight is 299 g/mol. The third-order valence-corrected chi connectivity index (χ3v) is 5.08. The highest BCUT2D eigenvalue weighted by Gasteiger charge is 2.24. The van der Waals surface area contributed by atoms with E-state index in [2.05, 4.69) is 22.9 Å². The zero-order valence-corrected chi connectivity index (χ0v) is 12.7. The highest BCUT2D eigenvalue weighted by Crippen LogP contribution is 2.30. The Hall–Kier alpha value is -1.92. The van der Waals surface area contributed by atoms with Crippen molar-refractivity contribution in [2.24, 2.45) is 0 Å². The molecule has 0 spiro atoms. The predicted octanol–water partition coefficient (Wildman–Crippen LogP) is 2.44. The normalized spacial score (nSPS) is 15.5. The summed E-state index contributed by atoms with van der Waals surface area (Å²) in [5, 5.41) is 5.55.